The van der Waals surface area contributed by atoms with Crippen LogP contribution in [0.3, 0.4) is 0 Å². The Morgan fingerprint density at radius 1 is 1.62 bits per heavy atom. The van der Waals surface area contributed by atoms with Gasteiger partial charge in [-0.25, -0.2) is 8.42 Å². The second kappa shape index (κ2) is 5.48. The molecule has 0 aliphatic heterocycles. The molecule has 0 unspecified atom stereocenters. The molecule has 0 atom stereocenters. The Morgan fingerprint density at radius 3 is 2.00 bits per heavy atom. The molecule has 0 spiro atoms. The van der Waals surface area contributed by atoms with Crippen molar-refractivity contribution in [1.29, 1.82) is 0 Å². The van der Waals surface area contributed by atoms with Gasteiger partial charge in [0.2, 0.25) is 0 Å². The Labute approximate surface area is 108 Å². The third-order valence-electron chi connectivity index (χ3n) is 0.322. The summed E-state index contributed by atoms with van der Waals surface area (Å²) in [4.78, 5) is 0. The van der Waals surface area contributed by atoms with Crippen LogP contribution in [0.1, 0.15) is 0 Å². The Bertz CT molecular complexity index is 148. The van der Waals surface area contributed by atoms with Gasteiger partial charge in [0, 0.05) is 0 Å². The van der Waals surface area contributed by atoms with Crippen molar-refractivity contribution in [2.24, 2.45) is 0 Å². The fraction of sp³-hybridized carbons (Fsp3) is 0.333. The Morgan fingerprint density at radius 2 is 2.00 bits per heavy atom. The van der Waals surface area contributed by atoms with Gasteiger partial charge >= 0.3 is 68.9 Å². The first-order chi connectivity index (χ1) is 3.06. The average Bonchev–Trinajstić information content (AvgIpc) is 1.30. The van der Waals surface area contributed by atoms with Gasteiger partial charge in [0.25, 0.3) is 0 Å². The van der Waals surface area contributed by atoms with Gasteiger partial charge in [-0.2, -0.15) is 0 Å². The predicted octanol–water partition coefficient (Wildman–Crippen LogP) is -3.28. The van der Waals surface area contributed by atoms with Crippen molar-refractivity contribution in [3.63, 3.8) is 0 Å². The molecule has 5 heteroatoms. The maximum Gasteiger partial charge on any atom is 1.00 e. The zero-order chi connectivity index (χ0) is 5.91. The van der Waals surface area contributed by atoms with Crippen molar-refractivity contribution < 1.29 is 81.9 Å². The fourth-order valence-electron chi connectivity index (χ4n) is 0.144. The molecular weight excluding hydrogens is 249 g/mol. The summed E-state index contributed by atoms with van der Waals surface area (Å²) >= 11 is 0. The van der Waals surface area contributed by atoms with Gasteiger partial charge in [0.1, 0.15) is 0 Å². The van der Waals surface area contributed by atoms with E-state index in [4.69, 9.17) is 0 Å². The standard InChI is InChI=1S/C3H6O3S.Cs/c1-2-3-7(4,5)6;/h2H,1,3H2,(H,4,5,6);/q;+1/p-1. The SMILES string of the molecule is C=CCS(=O)(=O)[O-].[Cs+]. The van der Waals surface area contributed by atoms with E-state index in [0.29, 0.717) is 0 Å². The number of hydrogen-bond donors (Lipinski definition) is 0. The average molecular weight is 254 g/mol. The fourth-order valence-corrected chi connectivity index (χ4v) is 0.433. The molecule has 0 aromatic heterocycles. The van der Waals surface area contributed by atoms with Crippen molar-refractivity contribution in [3.8, 4) is 0 Å². The summed E-state index contributed by atoms with van der Waals surface area (Å²) in [5, 5.41) is 0. The minimum atomic E-state index is -4.04. The molecule has 0 saturated carbocycles. The van der Waals surface area contributed by atoms with Crippen LogP contribution in [0.5, 0.6) is 0 Å². The van der Waals surface area contributed by atoms with Crippen LogP contribution in [0.25, 0.3) is 0 Å². The smallest absolute Gasteiger partial charge is 0.748 e. The van der Waals surface area contributed by atoms with E-state index in [1.54, 1.807) is 0 Å². The molecule has 8 heavy (non-hydrogen) atoms. The first-order valence-corrected chi connectivity index (χ1v) is 3.18. The van der Waals surface area contributed by atoms with Crippen LogP contribution in [0.2, 0.25) is 0 Å². The Hall–Kier alpha value is 1.70. The van der Waals surface area contributed by atoms with Crippen LogP contribution in [-0.4, -0.2) is 18.7 Å². The molecule has 42 valence electrons. The molecule has 0 aromatic rings. The van der Waals surface area contributed by atoms with Crippen LogP contribution in [0.4, 0.5) is 0 Å². The molecule has 0 bridgehead atoms. The summed E-state index contributed by atoms with van der Waals surface area (Å²) in [6.07, 6.45) is 1.06. The molecule has 0 N–H and O–H groups in total. The van der Waals surface area contributed by atoms with Gasteiger partial charge in [-0.15, -0.1) is 6.58 Å². The molecule has 0 saturated heterocycles. The van der Waals surface area contributed by atoms with Crippen molar-refractivity contribution in [1.82, 2.24) is 0 Å². The van der Waals surface area contributed by atoms with Crippen molar-refractivity contribution >= 4 is 10.1 Å². The molecule has 0 rings (SSSR count). The minimum Gasteiger partial charge on any atom is -0.748 e. The van der Waals surface area contributed by atoms with E-state index < -0.39 is 15.9 Å². The van der Waals surface area contributed by atoms with Crippen LogP contribution in [0, 0.1) is 0 Å². The second-order valence-corrected chi connectivity index (χ2v) is 2.46. The summed E-state index contributed by atoms with van der Waals surface area (Å²) in [6.45, 7) is 3.07. The summed E-state index contributed by atoms with van der Waals surface area (Å²) in [7, 11) is -4.04. The molecule has 0 fully saturated rings. The summed E-state index contributed by atoms with van der Waals surface area (Å²) < 4.78 is 28.8. The van der Waals surface area contributed by atoms with E-state index in [1.165, 1.54) is 0 Å². The number of rotatable bonds is 2. The predicted molar refractivity (Wildman–Crippen MR) is 24.8 cm³/mol. The summed E-state index contributed by atoms with van der Waals surface area (Å²) in [5.74, 6) is -0.479. The van der Waals surface area contributed by atoms with Crippen molar-refractivity contribution in [2.45, 2.75) is 0 Å². The van der Waals surface area contributed by atoms with Gasteiger partial charge in [-0.05, 0) is 0 Å². The summed E-state index contributed by atoms with van der Waals surface area (Å²) in [6, 6.07) is 0. The largest absolute Gasteiger partial charge is 1.00 e. The van der Waals surface area contributed by atoms with E-state index in [1.807, 2.05) is 0 Å². The van der Waals surface area contributed by atoms with Crippen molar-refractivity contribution in [2.75, 3.05) is 5.75 Å². The quantitative estimate of drug-likeness (QED) is 0.383. The van der Waals surface area contributed by atoms with E-state index in [0.717, 1.165) is 6.08 Å². The van der Waals surface area contributed by atoms with E-state index in [2.05, 4.69) is 6.58 Å². The van der Waals surface area contributed by atoms with E-state index >= 15 is 0 Å². The normalized spacial score (nSPS) is 9.62. The zero-order valence-electron chi connectivity index (χ0n) is 4.62. The van der Waals surface area contributed by atoms with Gasteiger partial charge in [-0.1, -0.05) is 6.08 Å². The maximum absolute atomic E-state index is 9.60. The zero-order valence-corrected chi connectivity index (χ0v) is 11.7. The number of hydrogen-bond acceptors (Lipinski definition) is 3. The van der Waals surface area contributed by atoms with Gasteiger partial charge in [0.05, 0.1) is 15.9 Å². The third kappa shape index (κ3) is 10.6. The monoisotopic (exact) mass is 254 g/mol. The second-order valence-electron chi connectivity index (χ2n) is 1.01. The van der Waals surface area contributed by atoms with Gasteiger partial charge < -0.3 is 4.55 Å². The molecule has 0 aliphatic carbocycles. The Balaban J connectivity index is 0. The Kier molecular flexibility index (Phi) is 8.49. The third-order valence-corrected chi connectivity index (χ3v) is 0.966. The van der Waals surface area contributed by atoms with Crippen LogP contribution in [-0.2, 0) is 10.1 Å². The molecule has 0 heterocycles. The van der Waals surface area contributed by atoms with Crippen LogP contribution in [0.15, 0.2) is 12.7 Å². The molecule has 0 amide bonds. The molecule has 0 aliphatic rings. The molecular formula is C3H5CsO3S. The molecule has 0 aromatic carbocycles. The maximum atomic E-state index is 9.60. The van der Waals surface area contributed by atoms with Crippen molar-refractivity contribution in [3.05, 3.63) is 12.7 Å². The van der Waals surface area contributed by atoms with E-state index in [9.17, 15) is 13.0 Å². The summed E-state index contributed by atoms with van der Waals surface area (Å²) in [5.41, 5.74) is 0. The van der Waals surface area contributed by atoms with Crippen LogP contribution < -0.4 is 68.9 Å². The minimum absolute atomic E-state index is 0. The van der Waals surface area contributed by atoms with Gasteiger partial charge in [0.15, 0.2) is 0 Å². The first-order valence-electron chi connectivity index (χ1n) is 1.61. The molecule has 3 nitrogen and oxygen atoms in total. The van der Waals surface area contributed by atoms with E-state index in [-0.39, 0.29) is 68.9 Å². The topological polar surface area (TPSA) is 57.2 Å². The first kappa shape index (κ1) is 12.4. The molecule has 0 radical (unpaired) electrons. The van der Waals surface area contributed by atoms with Crippen LogP contribution >= 0.6 is 0 Å². The van der Waals surface area contributed by atoms with Gasteiger partial charge in [-0.3, -0.25) is 0 Å².